The third kappa shape index (κ3) is 4.30. The van der Waals surface area contributed by atoms with Crippen molar-refractivity contribution in [2.45, 2.75) is 31.1 Å². The van der Waals surface area contributed by atoms with E-state index in [-0.39, 0.29) is 4.90 Å². The minimum atomic E-state index is -3.52. The van der Waals surface area contributed by atoms with Crippen molar-refractivity contribution >= 4 is 10.0 Å². The van der Waals surface area contributed by atoms with Crippen LogP contribution in [0, 0.1) is 0 Å². The SMILES string of the molecule is CCCCCONS(=O)(=O)c1ccccc1. The zero-order valence-corrected chi connectivity index (χ0v) is 10.2. The molecule has 0 radical (unpaired) electrons. The Morgan fingerprint density at radius 1 is 1.19 bits per heavy atom. The molecule has 0 atom stereocenters. The Hall–Kier alpha value is -0.910. The van der Waals surface area contributed by atoms with Crippen molar-refractivity contribution in [3.05, 3.63) is 30.3 Å². The molecule has 0 amide bonds. The van der Waals surface area contributed by atoms with Gasteiger partial charge in [0.05, 0.1) is 11.5 Å². The average Bonchev–Trinajstić information content (AvgIpc) is 2.30. The van der Waals surface area contributed by atoms with Crippen LogP contribution in [0.3, 0.4) is 0 Å². The fourth-order valence-corrected chi connectivity index (χ4v) is 2.04. The van der Waals surface area contributed by atoms with Crippen LogP contribution in [-0.2, 0) is 14.9 Å². The molecule has 0 saturated heterocycles. The van der Waals surface area contributed by atoms with E-state index in [0.29, 0.717) is 6.61 Å². The van der Waals surface area contributed by atoms with Gasteiger partial charge < -0.3 is 0 Å². The number of sulfonamides is 1. The lowest BCUT2D eigenvalue weighted by Gasteiger charge is -2.06. The number of unbranched alkanes of at least 4 members (excludes halogenated alkanes) is 2. The lowest BCUT2D eigenvalue weighted by atomic mass is 10.3. The summed E-state index contributed by atoms with van der Waals surface area (Å²) >= 11 is 0. The molecular weight excluding hydrogens is 226 g/mol. The molecule has 0 aliphatic rings. The van der Waals surface area contributed by atoms with Gasteiger partial charge in [0.15, 0.2) is 0 Å². The first kappa shape index (κ1) is 13.2. The molecule has 1 rings (SSSR count). The fraction of sp³-hybridized carbons (Fsp3) is 0.455. The van der Waals surface area contributed by atoms with Gasteiger partial charge in [0.2, 0.25) is 0 Å². The maximum absolute atomic E-state index is 11.6. The Bertz CT molecular complexity index is 389. The molecule has 1 aromatic carbocycles. The van der Waals surface area contributed by atoms with Crippen molar-refractivity contribution < 1.29 is 13.3 Å². The number of rotatable bonds is 7. The summed E-state index contributed by atoms with van der Waals surface area (Å²) < 4.78 is 23.3. The summed E-state index contributed by atoms with van der Waals surface area (Å²) in [5, 5.41) is 0. The predicted octanol–water partition coefficient (Wildman–Crippen LogP) is 2.09. The van der Waals surface area contributed by atoms with Gasteiger partial charge >= 0.3 is 0 Å². The van der Waals surface area contributed by atoms with Crippen LogP contribution in [0.25, 0.3) is 0 Å². The zero-order valence-electron chi connectivity index (χ0n) is 9.35. The van der Waals surface area contributed by atoms with Crippen molar-refractivity contribution in [3.63, 3.8) is 0 Å². The summed E-state index contributed by atoms with van der Waals surface area (Å²) in [6.07, 6.45) is 2.97. The van der Waals surface area contributed by atoms with Gasteiger partial charge in [-0.1, -0.05) is 42.8 Å². The average molecular weight is 243 g/mol. The zero-order chi connectivity index (χ0) is 11.9. The molecule has 0 aromatic heterocycles. The van der Waals surface area contributed by atoms with Gasteiger partial charge in [-0.25, -0.2) is 8.42 Å². The van der Waals surface area contributed by atoms with Crippen LogP contribution in [0.15, 0.2) is 35.2 Å². The van der Waals surface area contributed by atoms with Crippen molar-refractivity contribution in [3.8, 4) is 0 Å². The van der Waals surface area contributed by atoms with Crippen molar-refractivity contribution in [2.75, 3.05) is 6.61 Å². The van der Waals surface area contributed by atoms with Gasteiger partial charge in [-0.05, 0) is 18.6 Å². The molecule has 90 valence electrons. The molecule has 0 bridgehead atoms. The predicted molar refractivity (Wildman–Crippen MR) is 62.2 cm³/mol. The first-order chi connectivity index (χ1) is 7.67. The second kappa shape index (κ2) is 6.62. The van der Waals surface area contributed by atoms with Crippen molar-refractivity contribution in [1.29, 1.82) is 0 Å². The molecule has 1 aromatic rings. The van der Waals surface area contributed by atoms with E-state index < -0.39 is 10.0 Å². The summed E-state index contributed by atoms with van der Waals surface area (Å²) in [5.74, 6) is 0. The maximum Gasteiger partial charge on any atom is 0.262 e. The maximum atomic E-state index is 11.6. The highest BCUT2D eigenvalue weighted by atomic mass is 32.2. The molecule has 0 saturated carbocycles. The molecule has 5 heteroatoms. The largest absolute Gasteiger partial charge is 0.287 e. The van der Waals surface area contributed by atoms with Crippen LogP contribution in [0.4, 0.5) is 0 Å². The van der Waals surface area contributed by atoms with Crippen LogP contribution in [0.2, 0.25) is 0 Å². The van der Waals surface area contributed by atoms with Gasteiger partial charge in [0, 0.05) is 0 Å². The molecule has 0 fully saturated rings. The van der Waals surface area contributed by atoms with Crippen LogP contribution >= 0.6 is 0 Å². The van der Waals surface area contributed by atoms with E-state index in [1.807, 2.05) is 0 Å². The van der Waals surface area contributed by atoms with E-state index in [9.17, 15) is 8.42 Å². The molecule has 0 aliphatic carbocycles. The summed E-state index contributed by atoms with van der Waals surface area (Å²) in [6, 6.07) is 8.16. The van der Waals surface area contributed by atoms with E-state index in [4.69, 9.17) is 4.84 Å². The first-order valence-corrected chi connectivity index (χ1v) is 6.84. The molecule has 16 heavy (non-hydrogen) atoms. The van der Waals surface area contributed by atoms with Crippen LogP contribution < -0.4 is 4.89 Å². The molecule has 4 nitrogen and oxygen atoms in total. The van der Waals surface area contributed by atoms with Crippen LogP contribution in [0.5, 0.6) is 0 Å². The quantitative estimate of drug-likeness (QED) is 0.589. The van der Waals surface area contributed by atoms with E-state index in [0.717, 1.165) is 19.3 Å². The summed E-state index contributed by atoms with van der Waals surface area (Å²) in [4.78, 5) is 7.24. The molecule has 0 spiro atoms. The Labute approximate surface area is 96.6 Å². The molecular formula is C11H17NO3S. The Morgan fingerprint density at radius 3 is 2.50 bits per heavy atom. The van der Waals surface area contributed by atoms with Gasteiger partial charge in [-0.3, -0.25) is 4.84 Å². The lowest BCUT2D eigenvalue weighted by Crippen LogP contribution is -2.24. The summed E-state index contributed by atoms with van der Waals surface area (Å²) in [6.45, 7) is 2.48. The smallest absolute Gasteiger partial charge is 0.262 e. The fourth-order valence-electron chi connectivity index (χ4n) is 1.19. The van der Waals surface area contributed by atoms with Crippen molar-refractivity contribution in [1.82, 2.24) is 4.89 Å². The first-order valence-electron chi connectivity index (χ1n) is 5.35. The minimum absolute atomic E-state index is 0.213. The molecule has 0 heterocycles. The van der Waals surface area contributed by atoms with Crippen LogP contribution in [0.1, 0.15) is 26.2 Å². The third-order valence-corrected chi connectivity index (χ3v) is 3.30. The number of benzene rings is 1. The Balaban J connectivity index is 2.41. The number of hydrogen-bond donors (Lipinski definition) is 1. The van der Waals surface area contributed by atoms with Gasteiger partial charge in [-0.15, -0.1) is 0 Å². The lowest BCUT2D eigenvalue weighted by molar-refractivity contribution is 0.0899. The van der Waals surface area contributed by atoms with E-state index in [2.05, 4.69) is 11.8 Å². The minimum Gasteiger partial charge on any atom is -0.287 e. The highest BCUT2D eigenvalue weighted by molar-refractivity contribution is 7.89. The van der Waals surface area contributed by atoms with Gasteiger partial charge in [-0.2, -0.15) is 0 Å². The summed E-state index contributed by atoms with van der Waals surface area (Å²) in [7, 11) is -3.52. The topological polar surface area (TPSA) is 55.4 Å². The van der Waals surface area contributed by atoms with Crippen molar-refractivity contribution in [2.24, 2.45) is 0 Å². The van der Waals surface area contributed by atoms with E-state index >= 15 is 0 Å². The second-order valence-electron chi connectivity index (χ2n) is 3.46. The standard InChI is InChI=1S/C11H17NO3S/c1-2-3-7-10-15-12-16(13,14)11-8-5-4-6-9-11/h4-6,8-9,12H,2-3,7,10H2,1H3. The highest BCUT2D eigenvalue weighted by Crippen LogP contribution is 2.06. The normalized spacial score (nSPS) is 11.6. The second-order valence-corrected chi connectivity index (χ2v) is 5.10. The molecule has 0 unspecified atom stereocenters. The highest BCUT2D eigenvalue weighted by Gasteiger charge is 2.12. The van der Waals surface area contributed by atoms with Gasteiger partial charge in [0.1, 0.15) is 0 Å². The van der Waals surface area contributed by atoms with E-state index in [1.54, 1.807) is 18.2 Å². The molecule has 1 N–H and O–H groups in total. The molecule has 0 aliphatic heterocycles. The summed E-state index contributed by atoms with van der Waals surface area (Å²) in [5.41, 5.74) is 0. The van der Waals surface area contributed by atoms with Gasteiger partial charge in [0.25, 0.3) is 10.0 Å². The number of nitrogens with one attached hydrogen (secondary N) is 1. The van der Waals surface area contributed by atoms with E-state index in [1.165, 1.54) is 12.1 Å². The Morgan fingerprint density at radius 2 is 1.88 bits per heavy atom. The number of hydrogen-bond acceptors (Lipinski definition) is 3. The van der Waals surface area contributed by atoms with Crippen LogP contribution in [-0.4, -0.2) is 15.0 Å². The third-order valence-electron chi connectivity index (χ3n) is 2.07. The Kier molecular flexibility index (Phi) is 5.45. The monoisotopic (exact) mass is 243 g/mol.